The minimum Gasteiger partial charge on any atom is -0.460 e. The summed E-state index contributed by atoms with van der Waals surface area (Å²) in [5, 5.41) is 0. The molecule has 0 spiro atoms. The van der Waals surface area contributed by atoms with Crippen LogP contribution in [0, 0.1) is 5.92 Å². The van der Waals surface area contributed by atoms with Crippen LogP contribution in [0.4, 0.5) is 5.69 Å². The van der Waals surface area contributed by atoms with Crippen molar-refractivity contribution in [1.29, 1.82) is 0 Å². The van der Waals surface area contributed by atoms with E-state index in [1.54, 1.807) is 0 Å². The summed E-state index contributed by atoms with van der Waals surface area (Å²) in [7, 11) is 0. The molecule has 2 aliphatic rings. The zero-order valence-electron chi connectivity index (χ0n) is 15.2. The summed E-state index contributed by atoms with van der Waals surface area (Å²) < 4.78 is 5.90. The van der Waals surface area contributed by atoms with Gasteiger partial charge in [0.05, 0.1) is 24.1 Å². The summed E-state index contributed by atoms with van der Waals surface area (Å²) in [5.74, 6) is 0.198. The Morgan fingerprint density at radius 3 is 2.32 bits per heavy atom. The van der Waals surface area contributed by atoms with Crippen molar-refractivity contribution < 1.29 is 9.53 Å². The average Bonchev–Trinajstić information content (AvgIpc) is 3.16. The summed E-state index contributed by atoms with van der Waals surface area (Å²) in [6, 6.07) is 0.00513. The van der Waals surface area contributed by atoms with Crippen LogP contribution < -0.4 is 15.4 Å². The first-order valence-corrected chi connectivity index (χ1v) is 9.32. The number of piperidine rings is 1. The Hall–Kier alpha value is -1.89. The maximum absolute atomic E-state index is 12.3. The fourth-order valence-corrected chi connectivity index (χ4v) is 3.35. The van der Waals surface area contributed by atoms with Crippen molar-refractivity contribution >= 4 is 11.6 Å². The zero-order chi connectivity index (χ0) is 17.8. The summed E-state index contributed by atoms with van der Waals surface area (Å²) in [4.78, 5) is 25.1. The second-order valence-electron chi connectivity index (χ2n) is 7.33. The largest absolute Gasteiger partial charge is 0.460 e. The highest BCUT2D eigenvalue weighted by atomic mass is 16.5. The number of likely N-dealkylation sites (tertiary alicyclic amines) is 1. The molecule has 3 rings (SSSR count). The molecule has 7 nitrogen and oxygen atoms in total. The van der Waals surface area contributed by atoms with Gasteiger partial charge >= 0.3 is 6.01 Å². The van der Waals surface area contributed by atoms with Gasteiger partial charge in [-0.25, -0.2) is 9.97 Å². The molecule has 2 fully saturated rings. The lowest BCUT2D eigenvalue weighted by atomic mass is 10.0. The van der Waals surface area contributed by atoms with E-state index < -0.39 is 6.04 Å². The van der Waals surface area contributed by atoms with E-state index in [2.05, 4.69) is 14.9 Å². The van der Waals surface area contributed by atoms with E-state index in [1.165, 1.54) is 12.8 Å². The lowest BCUT2D eigenvalue weighted by Crippen LogP contribution is -2.50. The summed E-state index contributed by atoms with van der Waals surface area (Å²) in [6.45, 7) is 7.46. The first-order valence-electron chi connectivity index (χ1n) is 9.32. The number of anilines is 1. The van der Waals surface area contributed by atoms with Crippen molar-refractivity contribution in [3.63, 3.8) is 0 Å². The fourth-order valence-electron chi connectivity index (χ4n) is 3.35. The molecular weight excluding hydrogens is 318 g/mol. The van der Waals surface area contributed by atoms with Crippen LogP contribution in [0.2, 0.25) is 0 Å². The van der Waals surface area contributed by atoms with Gasteiger partial charge in [-0.05, 0) is 18.8 Å². The fraction of sp³-hybridized carbons (Fsp3) is 0.722. The van der Waals surface area contributed by atoms with Crippen molar-refractivity contribution in [3.8, 4) is 6.01 Å². The normalized spacial score (nSPS) is 20.2. The van der Waals surface area contributed by atoms with E-state index >= 15 is 0 Å². The van der Waals surface area contributed by atoms with E-state index in [-0.39, 0.29) is 17.9 Å². The number of amides is 1. The molecule has 1 amide bonds. The lowest BCUT2D eigenvalue weighted by molar-refractivity contribution is -0.135. The highest BCUT2D eigenvalue weighted by Crippen LogP contribution is 2.21. The van der Waals surface area contributed by atoms with E-state index in [9.17, 15) is 4.79 Å². The Morgan fingerprint density at radius 1 is 1.16 bits per heavy atom. The molecule has 1 aromatic heterocycles. The number of nitrogens with two attached hydrogens (primary N) is 1. The standard InChI is InChI=1S/C18H29N5O2/c1-13(2)16(19)17(24)23-9-5-15(6-10-23)25-18-20-11-14(12-21-18)22-7-3-4-8-22/h11-13,15-16H,3-10,19H2,1-2H3/t16-/m0/s1. The number of ether oxygens (including phenoxy) is 1. The van der Waals surface area contributed by atoms with Crippen LogP contribution in [0.1, 0.15) is 39.5 Å². The number of rotatable bonds is 5. The van der Waals surface area contributed by atoms with Crippen LogP contribution in [0.25, 0.3) is 0 Å². The summed E-state index contributed by atoms with van der Waals surface area (Å²) in [5.41, 5.74) is 7.03. The highest BCUT2D eigenvalue weighted by Gasteiger charge is 2.28. The van der Waals surface area contributed by atoms with Gasteiger partial charge in [0.25, 0.3) is 0 Å². The molecule has 0 radical (unpaired) electrons. The minimum absolute atomic E-state index is 0.0414. The van der Waals surface area contributed by atoms with Gasteiger partial charge < -0.3 is 20.3 Å². The van der Waals surface area contributed by atoms with Gasteiger partial charge in [0.2, 0.25) is 5.91 Å². The Kier molecular flexibility index (Phi) is 5.73. The van der Waals surface area contributed by atoms with Crippen LogP contribution in [0.3, 0.4) is 0 Å². The maximum atomic E-state index is 12.3. The molecule has 0 saturated carbocycles. The predicted molar refractivity (Wildman–Crippen MR) is 96.5 cm³/mol. The molecule has 0 bridgehead atoms. The molecule has 2 saturated heterocycles. The van der Waals surface area contributed by atoms with Gasteiger partial charge in [-0.1, -0.05) is 13.8 Å². The van der Waals surface area contributed by atoms with Crippen LogP contribution in [0.5, 0.6) is 6.01 Å². The third-order valence-electron chi connectivity index (χ3n) is 5.11. The van der Waals surface area contributed by atoms with Gasteiger partial charge in [0, 0.05) is 39.0 Å². The Balaban J connectivity index is 1.48. The summed E-state index contributed by atoms with van der Waals surface area (Å²) >= 11 is 0. The zero-order valence-corrected chi connectivity index (χ0v) is 15.2. The Bertz CT molecular complexity index is 563. The minimum atomic E-state index is -0.418. The van der Waals surface area contributed by atoms with Gasteiger partial charge in [-0.3, -0.25) is 4.79 Å². The average molecular weight is 347 g/mol. The molecule has 3 heterocycles. The number of hydrogen-bond acceptors (Lipinski definition) is 6. The van der Waals surface area contributed by atoms with Crippen molar-refractivity contribution in [1.82, 2.24) is 14.9 Å². The second-order valence-corrected chi connectivity index (χ2v) is 7.33. The molecule has 138 valence electrons. The van der Waals surface area contributed by atoms with E-state index in [1.807, 2.05) is 31.1 Å². The van der Waals surface area contributed by atoms with Crippen LogP contribution in [-0.4, -0.2) is 59.1 Å². The van der Waals surface area contributed by atoms with E-state index in [4.69, 9.17) is 10.5 Å². The lowest BCUT2D eigenvalue weighted by Gasteiger charge is -2.33. The molecule has 7 heteroatoms. The molecule has 1 aromatic rings. The third kappa shape index (κ3) is 4.39. The number of hydrogen-bond donors (Lipinski definition) is 1. The maximum Gasteiger partial charge on any atom is 0.316 e. The van der Waals surface area contributed by atoms with Crippen molar-refractivity contribution in [2.24, 2.45) is 11.7 Å². The molecule has 0 unspecified atom stereocenters. The number of carbonyl (C=O) groups excluding carboxylic acids is 1. The van der Waals surface area contributed by atoms with Crippen molar-refractivity contribution in [2.75, 3.05) is 31.1 Å². The van der Waals surface area contributed by atoms with Crippen molar-refractivity contribution in [2.45, 2.75) is 51.7 Å². The first-order chi connectivity index (χ1) is 12.0. The Morgan fingerprint density at radius 2 is 1.76 bits per heavy atom. The molecule has 1 atom stereocenters. The number of nitrogens with zero attached hydrogens (tertiary/aromatic N) is 4. The molecule has 0 aliphatic carbocycles. The number of carbonyl (C=O) groups is 1. The monoisotopic (exact) mass is 347 g/mol. The molecule has 25 heavy (non-hydrogen) atoms. The van der Waals surface area contributed by atoms with Gasteiger partial charge in [-0.15, -0.1) is 0 Å². The number of aromatic nitrogens is 2. The highest BCUT2D eigenvalue weighted by molar-refractivity contribution is 5.82. The van der Waals surface area contributed by atoms with Gasteiger partial charge in [-0.2, -0.15) is 0 Å². The second kappa shape index (κ2) is 7.99. The van der Waals surface area contributed by atoms with Gasteiger partial charge in [0.1, 0.15) is 6.10 Å². The third-order valence-corrected chi connectivity index (χ3v) is 5.11. The van der Waals surface area contributed by atoms with Gasteiger partial charge in [0.15, 0.2) is 0 Å². The Labute approximate surface area is 149 Å². The van der Waals surface area contributed by atoms with Crippen molar-refractivity contribution in [3.05, 3.63) is 12.4 Å². The molecule has 0 aromatic carbocycles. The van der Waals surface area contributed by atoms with Crippen LogP contribution in [0.15, 0.2) is 12.4 Å². The van der Waals surface area contributed by atoms with E-state index in [0.717, 1.165) is 31.6 Å². The molecular formula is C18H29N5O2. The van der Waals surface area contributed by atoms with Crippen LogP contribution >= 0.6 is 0 Å². The summed E-state index contributed by atoms with van der Waals surface area (Å²) in [6.07, 6.45) is 7.77. The smallest absolute Gasteiger partial charge is 0.316 e. The SMILES string of the molecule is CC(C)[C@H](N)C(=O)N1CCC(Oc2ncc(N3CCCC3)cn2)CC1. The van der Waals surface area contributed by atoms with E-state index in [0.29, 0.717) is 19.1 Å². The topological polar surface area (TPSA) is 84.6 Å². The van der Waals surface area contributed by atoms with Crippen LogP contribution in [-0.2, 0) is 4.79 Å². The molecule has 2 aliphatic heterocycles. The molecule has 2 N–H and O–H groups in total. The first kappa shape index (κ1) is 17.9. The quantitative estimate of drug-likeness (QED) is 0.867. The predicted octanol–water partition coefficient (Wildman–Crippen LogP) is 1.43.